The van der Waals surface area contributed by atoms with Gasteiger partial charge in [-0.1, -0.05) is 23.7 Å². The van der Waals surface area contributed by atoms with Crippen LogP contribution in [0.25, 0.3) is 0 Å². The maximum absolute atomic E-state index is 12.8. The lowest BCUT2D eigenvalue weighted by atomic mass is 10.2. The summed E-state index contributed by atoms with van der Waals surface area (Å²) in [5.41, 5.74) is -0.873. The van der Waals surface area contributed by atoms with Crippen molar-refractivity contribution in [2.24, 2.45) is 0 Å². The van der Waals surface area contributed by atoms with E-state index in [1.165, 1.54) is 16.9 Å². The first-order chi connectivity index (χ1) is 13.2. The molecular weight excluding hydrogens is 397 g/mol. The SMILES string of the molecule is O=C(Cn1cc(C(F)(F)F)ccc1=O)Nc1ccnn1Cc1cccc(Cl)c1. The molecule has 0 saturated carbocycles. The average molecular weight is 411 g/mol. The fourth-order valence-electron chi connectivity index (χ4n) is 2.53. The first kappa shape index (κ1) is 19.7. The molecule has 0 aliphatic rings. The van der Waals surface area contributed by atoms with Gasteiger partial charge in [0, 0.05) is 23.4 Å². The largest absolute Gasteiger partial charge is 0.417 e. The lowest BCUT2D eigenvalue weighted by molar-refractivity contribution is -0.138. The van der Waals surface area contributed by atoms with Gasteiger partial charge in [-0.2, -0.15) is 18.3 Å². The highest BCUT2D eigenvalue weighted by Gasteiger charge is 2.31. The van der Waals surface area contributed by atoms with Crippen molar-refractivity contribution in [3.05, 3.63) is 81.4 Å². The van der Waals surface area contributed by atoms with E-state index >= 15 is 0 Å². The number of aromatic nitrogens is 3. The van der Waals surface area contributed by atoms with Crippen LogP contribution in [-0.2, 0) is 24.1 Å². The maximum atomic E-state index is 12.8. The quantitative estimate of drug-likeness (QED) is 0.701. The lowest BCUT2D eigenvalue weighted by Gasteiger charge is -2.12. The van der Waals surface area contributed by atoms with Gasteiger partial charge in [-0.25, -0.2) is 4.68 Å². The molecule has 0 unspecified atom stereocenters. The summed E-state index contributed by atoms with van der Waals surface area (Å²) in [6.45, 7) is -0.238. The van der Waals surface area contributed by atoms with Crippen LogP contribution in [-0.4, -0.2) is 20.3 Å². The van der Waals surface area contributed by atoms with Crippen molar-refractivity contribution in [3.8, 4) is 0 Å². The summed E-state index contributed by atoms with van der Waals surface area (Å²) < 4.78 is 40.6. The predicted molar refractivity (Wildman–Crippen MR) is 97.1 cm³/mol. The topological polar surface area (TPSA) is 68.9 Å². The van der Waals surface area contributed by atoms with Crippen molar-refractivity contribution >= 4 is 23.3 Å². The molecule has 28 heavy (non-hydrogen) atoms. The number of anilines is 1. The molecule has 0 bridgehead atoms. The smallest absolute Gasteiger partial charge is 0.309 e. The number of carbonyl (C=O) groups excluding carboxylic acids is 1. The van der Waals surface area contributed by atoms with Gasteiger partial charge in [-0.05, 0) is 23.8 Å². The second kappa shape index (κ2) is 7.89. The van der Waals surface area contributed by atoms with Crippen molar-refractivity contribution in [3.63, 3.8) is 0 Å². The Kier molecular flexibility index (Phi) is 5.55. The molecule has 0 spiro atoms. The molecule has 3 rings (SSSR count). The minimum Gasteiger partial charge on any atom is -0.309 e. The van der Waals surface area contributed by atoms with Crippen LogP contribution in [0.2, 0.25) is 5.02 Å². The second-order valence-corrected chi connectivity index (χ2v) is 6.37. The van der Waals surface area contributed by atoms with Crippen LogP contribution in [0.15, 0.2) is 59.7 Å². The highest BCUT2D eigenvalue weighted by atomic mass is 35.5. The fraction of sp³-hybridized carbons (Fsp3) is 0.167. The van der Waals surface area contributed by atoms with E-state index in [1.807, 2.05) is 6.07 Å². The molecular formula is C18H14ClF3N4O2. The summed E-state index contributed by atoms with van der Waals surface area (Å²) in [4.78, 5) is 24.0. The highest BCUT2D eigenvalue weighted by molar-refractivity contribution is 6.30. The number of carbonyl (C=O) groups is 1. The number of hydrogen-bond donors (Lipinski definition) is 1. The van der Waals surface area contributed by atoms with Gasteiger partial charge >= 0.3 is 6.18 Å². The van der Waals surface area contributed by atoms with E-state index in [-0.39, 0.29) is 0 Å². The Morgan fingerprint density at radius 3 is 2.68 bits per heavy atom. The molecule has 0 aliphatic heterocycles. The number of pyridine rings is 1. The van der Waals surface area contributed by atoms with Crippen LogP contribution in [0.3, 0.4) is 0 Å². The van der Waals surface area contributed by atoms with Crippen molar-refractivity contribution < 1.29 is 18.0 Å². The van der Waals surface area contributed by atoms with Crippen molar-refractivity contribution in [2.75, 3.05) is 5.32 Å². The van der Waals surface area contributed by atoms with Gasteiger partial charge in [0.25, 0.3) is 5.56 Å². The first-order valence-electron chi connectivity index (χ1n) is 8.06. The Hall–Kier alpha value is -3.07. The Morgan fingerprint density at radius 2 is 1.96 bits per heavy atom. The Balaban J connectivity index is 1.73. The van der Waals surface area contributed by atoms with E-state index < -0.39 is 29.8 Å². The van der Waals surface area contributed by atoms with Crippen LogP contribution in [0, 0.1) is 0 Å². The third-order valence-electron chi connectivity index (χ3n) is 3.83. The Labute approximate surface area is 162 Å². The summed E-state index contributed by atoms with van der Waals surface area (Å²) in [5, 5.41) is 7.21. The monoisotopic (exact) mass is 410 g/mol. The Bertz CT molecular complexity index is 1060. The zero-order chi connectivity index (χ0) is 20.3. The molecule has 146 valence electrons. The number of amides is 1. The van der Waals surface area contributed by atoms with Crippen LogP contribution < -0.4 is 10.9 Å². The molecule has 3 aromatic rings. The molecule has 0 radical (unpaired) electrons. The van der Waals surface area contributed by atoms with E-state index in [2.05, 4.69) is 10.4 Å². The molecule has 2 aromatic heterocycles. The number of hydrogen-bond acceptors (Lipinski definition) is 3. The summed E-state index contributed by atoms with van der Waals surface area (Å²) >= 11 is 5.95. The van der Waals surface area contributed by atoms with E-state index in [4.69, 9.17) is 11.6 Å². The number of alkyl halides is 3. The van der Waals surface area contributed by atoms with Gasteiger partial charge in [-0.15, -0.1) is 0 Å². The molecule has 0 aliphatic carbocycles. The zero-order valence-corrected chi connectivity index (χ0v) is 15.0. The van der Waals surface area contributed by atoms with Gasteiger partial charge < -0.3 is 9.88 Å². The minimum absolute atomic E-state index is 0.326. The van der Waals surface area contributed by atoms with Crippen molar-refractivity contribution in [1.29, 1.82) is 0 Å². The van der Waals surface area contributed by atoms with E-state index in [1.54, 1.807) is 18.2 Å². The summed E-state index contributed by atoms with van der Waals surface area (Å²) in [6, 6.07) is 10.1. The fourth-order valence-corrected chi connectivity index (χ4v) is 2.75. The molecule has 0 fully saturated rings. The van der Waals surface area contributed by atoms with Crippen LogP contribution in [0.5, 0.6) is 0 Å². The van der Waals surface area contributed by atoms with Gasteiger partial charge in [0.2, 0.25) is 5.91 Å². The van der Waals surface area contributed by atoms with E-state index in [9.17, 15) is 22.8 Å². The summed E-state index contributed by atoms with van der Waals surface area (Å²) in [5.74, 6) is -0.320. The third kappa shape index (κ3) is 4.80. The van der Waals surface area contributed by atoms with Crippen molar-refractivity contribution in [2.45, 2.75) is 19.3 Å². The number of rotatable bonds is 5. The van der Waals surface area contributed by atoms with Gasteiger partial charge in [0.1, 0.15) is 12.4 Å². The van der Waals surface area contributed by atoms with Crippen LogP contribution in [0.1, 0.15) is 11.1 Å². The van der Waals surface area contributed by atoms with Gasteiger partial charge in [0.15, 0.2) is 0 Å². The highest BCUT2D eigenvalue weighted by Crippen LogP contribution is 2.28. The molecule has 10 heteroatoms. The van der Waals surface area contributed by atoms with Gasteiger partial charge in [0.05, 0.1) is 18.3 Å². The van der Waals surface area contributed by atoms with E-state index in [0.29, 0.717) is 34.2 Å². The minimum atomic E-state index is -4.61. The number of nitrogens with zero attached hydrogens (tertiary/aromatic N) is 3. The Morgan fingerprint density at radius 1 is 1.18 bits per heavy atom. The molecule has 1 amide bonds. The van der Waals surface area contributed by atoms with Crippen LogP contribution in [0.4, 0.5) is 19.0 Å². The van der Waals surface area contributed by atoms with Crippen molar-refractivity contribution in [1.82, 2.24) is 14.3 Å². The second-order valence-electron chi connectivity index (χ2n) is 5.93. The molecule has 0 saturated heterocycles. The zero-order valence-electron chi connectivity index (χ0n) is 14.3. The third-order valence-corrected chi connectivity index (χ3v) is 4.07. The number of nitrogens with one attached hydrogen (secondary N) is 1. The first-order valence-corrected chi connectivity index (χ1v) is 8.44. The molecule has 1 aromatic carbocycles. The number of benzene rings is 1. The van der Waals surface area contributed by atoms with Crippen LogP contribution >= 0.6 is 11.6 Å². The lowest BCUT2D eigenvalue weighted by Crippen LogP contribution is -2.28. The predicted octanol–water partition coefficient (Wildman–Crippen LogP) is 3.40. The molecule has 2 heterocycles. The van der Waals surface area contributed by atoms with E-state index in [0.717, 1.165) is 11.6 Å². The summed E-state index contributed by atoms with van der Waals surface area (Å²) in [6.07, 6.45) is -2.52. The number of halogens is 4. The summed E-state index contributed by atoms with van der Waals surface area (Å²) in [7, 11) is 0. The van der Waals surface area contributed by atoms with Gasteiger partial charge in [-0.3, -0.25) is 9.59 Å². The standard InChI is InChI=1S/C18H14ClF3N4O2/c19-14-3-1-2-12(8-14)9-26-15(6-7-23-26)24-16(27)11-25-10-13(18(20,21)22)4-5-17(25)28/h1-8,10H,9,11H2,(H,24,27). The maximum Gasteiger partial charge on any atom is 0.417 e. The normalized spacial score (nSPS) is 11.4. The average Bonchev–Trinajstić information content (AvgIpc) is 3.02. The molecule has 6 nitrogen and oxygen atoms in total. The molecule has 1 N–H and O–H groups in total. The molecule has 0 atom stereocenters.